The summed E-state index contributed by atoms with van der Waals surface area (Å²) in [6.45, 7) is 4.27. The molecule has 2 atom stereocenters. The first-order chi connectivity index (χ1) is 6.99. The minimum atomic E-state index is -0.441. The molecule has 0 heterocycles. The Bertz CT molecular complexity index is 211. The van der Waals surface area contributed by atoms with Gasteiger partial charge in [0.2, 0.25) is 0 Å². The van der Waals surface area contributed by atoms with E-state index in [2.05, 4.69) is 13.8 Å². The molecule has 2 aliphatic carbocycles. The second-order valence-electron chi connectivity index (χ2n) is 6.26. The molecule has 0 bridgehead atoms. The van der Waals surface area contributed by atoms with Gasteiger partial charge in [0.25, 0.3) is 0 Å². The van der Waals surface area contributed by atoms with Gasteiger partial charge in [-0.05, 0) is 30.6 Å². The van der Waals surface area contributed by atoms with E-state index in [0.717, 1.165) is 24.2 Å². The monoisotopic (exact) mass is 200 g/mol. The van der Waals surface area contributed by atoms with Crippen molar-refractivity contribution < 1.29 is 0 Å². The summed E-state index contributed by atoms with van der Waals surface area (Å²) in [5, 5.41) is -0.441. The van der Waals surface area contributed by atoms with Crippen LogP contribution >= 0.6 is 0 Å². The Morgan fingerprint density at radius 1 is 1.13 bits per heavy atom. The van der Waals surface area contributed by atoms with Gasteiger partial charge < -0.3 is 0 Å². The highest BCUT2D eigenvalue weighted by Gasteiger charge is 2.39. The molecule has 2 saturated carbocycles. The van der Waals surface area contributed by atoms with Crippen LogP contribution in [-0.2, 0) is 0 Å². The van der Waals surface area contributed by atoms with Crippen molar-refractivity contribution in [3.05, 3.63) is 0 Å². The van der Waals surface area contributed by atoms with Gasteiger partial charge in [-0.3, -0.25) is 0 Å². The van der Waals surface area contributed by atoms with E-state index >= 15 is 0 Å². The fourth-order valence-corrected chi connectivity index (χ4v) is 3.59. The Balaban J connectivity index is 1.87. The molecule has 0 aliphatic heterocycles. The number of rotatable bonds is 3. The van der Waals surface area contributed by atoms with E-state index in [-0.39, 0.29) is 0 Å². The molecule has 2 heteroatoms. The number of fused-ring (bicyclic) bond motifs is 1. The van der Waals surface area contributed by atoms with Crippen molar-refractivity contribution in [3.63, 3.8) is 0 Å². The highest BCUT2D eigenvalue weighted by atomic mass is 14.4. The number of hydrogen-bond acceptors (Lipinski definition) is 0. The first-order valence-electron chi connectivity index (χ1n) is 6.57. The van der Waals surface area contributed by atoms with Gasteiger partial charge in [-0.1, -0.05) is 50.7 Å². The first kappa shape index (κ1) is 11.6. The maximum Gasteiger partial charge on any atom is 0.0624 e. The van der Waals surface area contributed by atoms with Crippen LogP contribution in [0.25, 0.3) is 0 Å². The van der Waals surface area contributed by atoms with Crippen molar-refractivity contribution in [1.29, 1.82) is 0 Å². The minimum absolute atomic E-state index is 0.387. The van der Waals surface area contributed by atoms with Gasteiger partial charge in [-0.2, -0.15) is 0 Å². The Hall–Kier alpha value is 0.130. The van der Waals surface area contributed by atoms with Crippen molar-refractivity contribution in [2.24, 2.45) is 23.7 Å². The smallest absolute Gasteiger partial charge is 0.0624 e. The molecule has 2 rings (SSSR count). The minimum Gasteiger partial charge on any atom is -0.0965 e. The molecule has 0 nitrogen and oxygen atoms in total. The molecular weight excluding hydrogens is 178 g/mol. The molecular formula is C13H22B2. The molecule has 0 N–H and O–H groups in total. The van der Waals surface area contributed by atoms with Gasteiger partial charge in [0, 0.05) is 0 Å². The van der Waals surface area contributed by atoms with E-state index in [0.29, 0.717) is 5.92 Å². The van der Waals surface area contributed by atoms with E-state index in [1.807, 2.05) is 0 Å². The quantitative estimate of drug-likeness (QED) is 0.613. The fraction of sp³-hybridized carbons (Fsp3) is 1.00. The van der Waals surface area contributed by atoms with E-state index in [4.69, 9.17) is 15.7 Å². The van der Waals surface area contributed by atoms with Crippen LogP contribution in [-0.4, -0.2) is 15.7 Å². The summed E-state index contributed by atoms with van der Waals surface area (Å²) in [5.74, 6) is 3.21. The molecule has 0 spiro atoms. The van der Waals surface area contributed by atoms with E-state index in [9.17, 15) is 0 Å². The van der Waals surface area contributed by atoms with Crippen molar-refractivity contribution >= 4 is 15.7 Å². The average Bonchev–Trinajstić information content (AvgIpc) is 2.62. The predicted molar refractivity (Wildman–Crippen MR) is 67.2 cm³/mol. The Morgan fingerprint density at radius 2 is 1.67 bits per heavy atom. The zero-order valence-electron chi connectivity index (χ0n) is 10.2. The lowest BCUT2D eigenvalue weighted by atomic mass is 9.46. The average molecular weight is 200 g/mol. The van der Waals surface area contributed by atoms with Crippen LogP contribution < -0.4 is 0 Å². The highest BCUT2D eigenvalue weighted by molar-refractivity contribution is 6.39. The Labute approximate surface area is 97.4 Å². The molecule has 4 radical (unpaired) electrons. The summed E-state index contributed by atoms with van der Waals surface area (Å²) < 4.78 is 0. The molecule has 0 aromatic heterocycles. The molecule has 2 fully saturated rings. The maximum atomic E-state index is 6.17. The molecule has 80 valence electrons. The molecule has 2 aliphatic rings. The van der Waals surface area contributed by atoms with E-state index in [1.165, 1.54) is 32.1 Å². The molecule has 15 heavy (non-hydrogen) atoms. The molecule has 2 unspecified atom stereocenters. The summed E-state index contributed by atoms with van der Waals surface area (Å²) in [6, 6.07) is 0. The van der Waals surface area contributed by atoms with Gasteiger partial charge in [-0.25, -0.2) is 0 Å². The SMILES string of the molecule is [B]C([B])(CC1CC2CCCC2C1)C(C)C. The zero-order chi connectivity index (χ0) is 11.1. The van der Waals surface area contributed by atoms with Crippen LogP contribution in [0.5, 0.6) is 0 Å². The van der Waals surface area contributed by atoms with E-state index in [1.54, 1.807) is 0 Å². The summed E-state index contributed by atoms with van der Waals surface area (Å²) >= 11 is 0. The number of hydrogen-bond donors (Lipinski definition) is 0. The zero-order valence-corrected chi connectivity index (χ0v) is 10.2. The lowest BCUT2D eigenvalue weighted by molar-refractivity contribution is 0.380. The van der Waals surface area contributed by atoms with Crippen molar-refractivity contribution in [2.45, 2.75) is 57.6 Å². The van der Waals surface area contributed by atoms with Gasteiger partial charge >= 0.3 is 0 Å². The lowest BCUT2D eigenvalue weighted by Crippen LogP contribution is -2.23. The van der Waals surface area contributed by atoms with Crippen LogP contribution in [0.2, 0.25) is 5.21 Å². The van der Waals surface area contributed by atoms with Crippen molar-refractivity contribution in [3.8, 4) is 0 Å². The first-order valence-corrected chi connectivity index (χ1v) is 6.57. The molecule has 0 aromatic carbocycles. The summed E-state index contributed by atoms with van der Waals surface area (Å²) in [7, 11) is 12.3. The molecule has 0 amide bonds. The van der Waals surface area contributed by atoms with Crippen LogP contribution in [0.4, 0.5) is 0 Å². The largest absolute Gasteiger partial charge is 0.0965 e. The summed E-state index contributed by atoms with van der Waals surface area (Å²) in [6.07, 6.45) is 8.21. The normalized spacial score (nSPS) is 36.1. The van der Waals surface area contributed by atoms with Gasteiger partial charge in [-0.15, -0.1) is 0 Å². The standard InChI is InChI=1S/C13H22B2/c1-9(2)13(14,15)8-10-6-11-4-3-5-12(11)7-10/h9-12H,3-8H2,1-2H3. The third-order valence-electron chi connectivity index (χ3n) is 4.81. The van der Waals surface area contributed by atoms with Crippen molar-refractivity contribution in [1.82, 2.24) is 0 Å². The predicted octanol–water partition coefficient (Wildman–Crippen LogP) is 3.31. The topological polar surface area (TPSA) is 0 Å². The van der Waals surface area contributed by atoms with Crippen LogP contribution in [0.3, 0.4) is 0 Å². The second-order valence-corrected chi connectivity index (χ2v) is 6.26. The van der Waals surface area contributed by atoms with Gasteiger partial charge in [0.15, 0.2) is 0 Å². The van der Waals surface area contributed by atoms with Gasteiger partial charge in [0.05, 0.1) is 15.7 Å². The van der Waals surface area contributed by atoms with Crippen molar-refractivity contribution in [2.75, 3.05) is 0 Å². The Morgan fingerprint density at radius 3 is 2.13 bits per heavy atom. The van der Waals surface area contributed by atoms with E-state index < -0.39 is 5.21 Å². The molecule has 0 saturated heterocycles. The maximum absolute atomic E-state index is 6.17. The van der Waals surface area contributed by atoms with Crippen LogP contribution in [0, 0.1) is 23.7 Å². The summed E-state index contributed by atoms with van der Waals surface area (Å²) in [4.78, 5) is 0. The third kappa shape index (κ3) is 2.45. The highest BCUT2D eigenvalue weighted by Crippen LogP contribution is 2.51. The summed E-state index contributed by atoms with van der Waals surface area (Å²) in [5.41, 5.74) is 0. The van der Waals surface area contributed by atoms with Crippen LogP contribution in [0.1, 0.15) is 52.4 Å². The Kier molecular flexibility index (Phi) is 3.24. The lowest BCUT2D eigenvalue weighted by Gasteiger charge is -2.33. The van der Waals surface area contributed by atoms with Gasteiger partial charge in [0.1, 0.15) is 0 Å². The van der Waals surface area contributed by atoms with Crippen LogP contribution in [0.15, 0.2) is 0 Å². The fourth-order valence-electron chi connectivity index (χ4n) is 3.59. The molecule has 0 aromatic rings. The third-order valence-corrected chi connectivity index (χ3v) is 4.81. The second kappa shape index (κ2) is 4.18.